The van der Waals surface area contributed by atoms with Crippen LogP contribution in [0.2, 0.25) is 0 Å². The molecule has 0 radical (unpaired) electrons. The van der Waals surface area contributed by atoms with Gasteiger partial charge in [-0.3, -0.25) is 14.4 Å². The molecule has 7 heteroatoms. The van der Waals surface area contributed by atoms with E-state index in [1.54, 1.807) is 25.1 Å². The Morgan fingerprint density at radius 1 is 1.23 bits per heavy atom. The molecule has 0 aliphatic rings. The highest BCUT2D eigenvalue weighted by molar-refractivity contribution is 5.87. The summed E-state index contributed by atoms with van der Waals surface area (Å²) >= 11 is 0. The van der Waals surface area contributed by atoms with Crippen LogP contribution in [-0.2, 0) is 16.0 Å². The van der Waals surface area contributed by atoms with Crippen LogP contribution in [0.15, 0.2) is 29.1 Å². The van der Waals surface area contributed by atoms with Gasteiger partial charge in [0, 0.05) is 18.4 Å². The van der Waals surface area contributed by atoms with E-state index in [-0.39, 0.29) is 29.3 Å². The van der Waals surface area contributed by atoms with Crippen molar-refractivity contribution >= 4 is 22.7 Å². The van der Waals surface area contributed by atoms with E-state index in [4.69, 9.17) is 0 Å². The molecule has 0 spiro atoms. The number of carbonyl (C=O) groups is 2. The van der Waals surface area contributed by atoms with Gasteiger partial charge in [0.15, 0.2) is 0 Å². The van der Waals surface area contributed by atoms with E-state index in [9.17, 15) is 14.4 Å². The van der Waals surface area contributed by atoms with Crippen LogP contribution in [0.4, 0.5) is 0 Å². The maximum absolute atomic E-state index is 12.0. The standard InChI is InChI=1S/C19H26N4O3/c1-12(17(25)23-19(2,3)4)20-16(24)11-7-10-15-21-14-9-6-5-8-13(14)18(26)22-15/h5-6,8-9,12H,7,10-11H2,1-4H3,(H,20,24)(H,23,25)(H,21,22,26). The molecule has 1 unspecified atom stereocenters. The first-order valence-electron chi connectivity index (χ1n) is 8.75. The van der Waals surface area contributed by atoms with Crippen molar-refractivity contribution in [3.05, 3.63) is 40.4 Å². The molecule has 1 aromatic carbocycles. The summed E-state index contributed by atoms with van der Waals surface area (Å²) in [5.41, 5.74) is 0.120. The zero-order valence-corrected chi connectivity index (χ0v) is 15.7. The fraction of sp³-hybridized carbons (Fsp3) is 0.474. The van der Waals surface area contributed by atoms with Gasteiger partial charge in [0.05, 0.1) is 10.9 Å². The van der Waals surface area contributed by atoms with Gasteiger partial charge < -0.3 is 15.6 Å². The molecule has 1 heterocycles. The Bertz CT molecular complexity index is 852. The molecule has 0 saturated carbocycles. The first-order valence-corrected chi connectivity index (χ1v) is 8.75. The molecule has 140 valence electrons. The van der Waals surface area contributed by atoms with Crippen molar-refractivity contribution in [1.82, 2.24) is 20.6 Å². The fourth-order valence-electron chi connectivity index (χ4n) is 2.53. The Kier molecular flexibility index (Phi) is 6.13. The van der Waals surface area contributed by atoms with Crippen molar-refractivity contribution in [2.45, 2.75) is 58.5 Å². The Hall–Kier alpha value is -2.70. The SMILES string of the molecule is CC(NC(=O)CCCc1nc2ccccc2c(=O)[nH]1)C(=O)NC(C)(C)C. The lowest BCUT2D eigenvalue weighted by molar-refractivity contribution is -0.129. The third kappa shape index (κ3) is 5.68. The Morgan fingerprint density at radius 2 is 1.92 bits per heavy atom. The number of aryl methyl sites for hydroxylation is 1. The maximum atomic E-state index is 12.0. The van der Waals surface area contributed by atoms with Crippen LogP contribution < -0.4 is 16.2 Å². The van der Waals surface area contributed by atoms with E-state index in [0.29, 0.717) is 29.6 Å². The number of benzene rings is 1. The Balaban J connectivity index is 1.85. The lowest BCUT2D eigenvalue weighted by Crippen LogP contribution is -2.50. The number of carbonyl (C=O) groups excluding carboxylic acids is 2. The molecule has 2 rings (SSSR count). The van der Waals surface area contributed by atoms with Gasteiger partial charge in [-0.05, 0) is 46.2 Å². The molecular weight excluding hydrogens is 332 g/mol. The van der Waals surface area contributed by atoms with Gasteiger partial charge in [0.2, 0.25) is 11.8 Å². The quantitative estimate of drug-likeness (QED) is 0.730. The minimum absolute atomic E-state index is 0.178. The van der Waals surface area contributed by atoms with E-state index >= 15 is 0 Å². The molecule has 3 N–H and O–H groups in total. The molecule has 0 saturated heterocycles. The molecule has 7 nitrogen and oxygen atoms in total. The number of para-hydroxylation sites is 1. The fourth-order valence-corrected chi connectivity index (χ4v) is 2.53. The second kappa shape index (κ2) is 8.12. The number of H-pyrrole nitrogens is 1. The predicted molar refractivity (Wildman–Crippen MR) is 101 cm³/mol. The van der Waals surface area contributed by atoms with Crippen LogP contribution in [0, 0.1) is 0 Å². The number of rotatable bonds is 6. The zero-order valence-electron chi connectivity index (χ0n) is 15.7. The monoisotopic (exact) mass is 358 g/mol. The van der Waals surface area contributed by atoms with Gasteiger partial charge >= 0.3 is 0 Å². The molecular formula is C19H26N4O3. The second-order valence-electron chi connectivity index (χ2n) is 7.41. The first-order chi connectivity index (χ1) is 12.2. The molecule has 2 amide bonds. The average molecular weight is 358 g/mol. The van der Waals surface area contributed by atoms with Gasteiger partial charge in [-0.1, -0.05) is 12.1 Å². The first kappa shape index (κ1) is 19.6. The molecule has 26 heavy (non-hydrogen) atoms. The number of hydrogen-bond acceptors (Lipinski definition) is 4. The summed E-state index contributed by atoms with van der Waals surface area (Å²) in [6.07, 6.45) is 1.26. The van der Waals surface area contributed by atoms with Gasteiger partial charge in [-0.15, -0.1) is 0 Å². The number of fused-ring (bicyclic) bond motifs is 1. The molecule has 0 bridgehead atoms. The molecule has 0 aliphatic carbocycles. The topological polar surface area (TPSA) is 104 Å². The number of aromatic nitrogens is 2. The van der Waals surface area contributed by atoms with Crippen molar-refractivity contribution in [3.63, 3.8) is 0 Å². The third-order valence-electron chi connectivity index (χ3n) is 3.75. The smallest absolute Gasteiger partial charge is 0.258 e. The summed E-state index contributed by atoms with van der Waals surface area (Å²) in [6, 6.07) is 6.54. The molecule has 1 atom stereocenters. The lowest BCUT2D eigenvalue weighted by Gasteiger charge is -2.23. The van der Waals surface area contributed by atoms with E-state index in [0.717, 1.165) is 0 Å². The zero-order chi connectivity index (χ0) is 19.3. The van der Waals surface area contributed by atoms with Gasteiger partial charge in [-0.2, -0.15) is 0 Å². The number of amides is 2. The van der Waals surface area contributed by atoms with Crippen molar-refractivity contribution in [2.24, 2.45) is 0 Å². The summed E-state index contributed by atoms with van der Waals surface area (Å²) in [6.45, 7) is 7.31. The highest BCUT2D eigenvalue weighted by atomic mass is 16.2. The van der Waals surface area contributed by atoms with Crippen LogP contribution in [-0.4, -0.2) is 33.4 Å². The summed E-state index contributed by atoms with van der Waals surface area (Å²) in [5.74, 6) is 0.135. The highest BCUT2D eigenvalue weighted by Crippen LogP contribution is 2.07. The Labute approximate surface area is 152 Å². The van der Waals surface area contributed by atoms with Gasteiger partial charge in [0.25, 0.3) is 5.56 Å². The third-order valence-corrected chi connectivity index (χ3v) is 3.75. The van der Waals surface area contributed by atoms with Crippen LogP contribution in [0.3, 0.4) is 0 Å². The predicted octanol–water partition coefficient (Wildman–Crippen LogP) is 1.67. The number of nitrogens with zero attached hydrogens (tertiary/aromatic N) is 1. The summed E-state index contributed by atoms with van der Waals surface area (Å²) in [7, 11) is 0. The van der Waals surface area contributed by atoms with Crippen LogP contribution in [0.1, 0.15) is 46.4 Å². The van der Waals surface area contributed by atoms with Crippen molar-refractivity contribution in [3.8, 4) is 0 Å². The molecule has 0 fully saturated rings. The largest absolute Gasteiger partial charge is 0.350 e. The normalized spacial score (nSPS) is 12.6. The highest BCUT2D eigenvalue weighted by Gasteiger charge is 2.20. The van der Waals surface area contributed by atoms with Crippen molar-refractivity contribution in [2.75, 3.05) is 0 Å². The van der Waals surface area contributed by atoms with E-state index in [1.807, 2.05) is 26.8 Å². The summed E-state index contributed by atoms with van der Waals surface area (Å²) < 4.78 is 0. The summed E-state index contributed by atoms with van der Waals surface area (Å²) in [4.78, 5) is 43.2. The van der Waals surface area contributed by atoms with E-state index in [1.165, 1.54) is 0 Å². The summed E-state index contributed by atoms with van der Waals surface area (Å²) in [5, 5.41) is 6.06. The van der Waals surface area contributed by atoms with Gasteiger partial charge in [-0.25, -0.2) is 4.98 Å². The van der Waals surface area contributed by atoms with Crippen LogP contribution in [0.25, 0.3) is 10.9 Å². The van der Waals surface area contributed by atoms with E-state index < -0.39 is 6.04 Å². The average Bonchev–Trinajstić information content (AvgIpc) is 2.53. The number of aromatic amines is 1. The van der Waals surface area contributed by atoms with Crippen LogP contribution >= 0.6 is 0 Å². The molecule has 0 aliphatic heterocycles. The van der Waals surface area contributed by atoms with E-state index in [2.05, 4.69) is 20.6 Å². The minimum atomic E-state index is -0.597. The number of nitrogens with one attached hydrogen (secondary N) is 3. The number of hydrogen-bond donors (Lipinski definition) is 3. The lowest BCUT2D eigenvalue weighted by atomic mass is 10.1. The molecule has 2 aromatic rings. The maximum Gasteiger partial charge on any atom is 0.258 e. The Morgan fingerprint density at radius 3 is 2.62 bits per heavy atom. The van der Waals surface area contributed by atoms with Crippen LogP contribution in [0.5, 0.6) is 0 Å². The molecule has 1 aromatic heterocycles. The van der Waals surface area contributed by atoms with Crippen molar-refractivity contribution in [1.29, 1.82) is 0 Å². The minimum Gasteiger partial charge on any atom is -0.350 e. The van der Waals surface area contributed by atoms with Crippen molar-refractivity contribution < 1.29 is 9.59 Å². The van der Waals surface area contributed by atoms with Gasteiger partial charge in [0.1, 0.15) is 11.9 Å². The second-order valence-corrected chi connectivity index (χ2v) is 7.41.